The highest BCUT2D eigenvalue weighted by Crippen LogP contribution is 2.29. The number of amides is 1. The van der Waals surface area contributed by atoms with Crippen molar-refractivity contribution in [2.45, 2.75) is 19.3 Å². The number of alkyl halides is 3. The van der Waals surface area contributed by atoms with Crippen molar-refractivity contribution in [2.24, 2.45) is 5.73 Å². The molecule has 0 saturated carbocycles. The Bertz CT molecular complexity index is 995. The molecule has 3 rings (SSSR count). The maximum absolute atomic E-state index is 12.6. The number of aromatic nitrogens is 1. The first-order valence-electron chi connectivity index (χ1n) is 8.72. The van der Waals surface area contributed by atoms with Crippen LogP contribution in [0.15, 0.2) is 66.9 Å². The number of rotatable bonds is 6. The molecule has 1 aromatic heterocycles. The summed E-state index contributed by atoms with van der Waals surface area (Å²) in [6.07, 6.45) is -2.81. The van der Waals surface area contributed by atoms with Crippen molar-refractivity contribution in [1.82, 2.24) is 10.3 Å². The SMILES string of the molecule is Cl.NCc1ccnc(Oc2cccc(C(=O)NCc3ccc(C(F)(F)F)cc3)c2)c1. The predicted molar refractivity (Wildman–Crippen MR) is 109 cm³/mol. The molecule has 9 heteroatoms. The van der Waals surface area contributed by atoms with E-state index >= 15 is 0 Å². The van der Waals surface area contributed by atoms with Crippen LogP contribution in [0.5, 0.6) is 11.6 Å². The van der Waals surface area contributed by atoms with Gasteiger partial charge in [-0.15, -0.1) is 12.4 Å². The molecule has 0 bridgehead atoms. The summed E-state index contributed by atoms with van der Waals surface area (Å²) in [6.45, 7) is 0.452. The first-order valence-corrected chi connectivity index (χ1v) is 8.72. The molecule has 0 unspecified atom stereocenters. The number of hydrogen-bond acceptors (Lipinski definition) is 4. The van der Waals surface area contributed by atoms with Crippen LogP contribution in [0.25, 0.3) is 0 Å². The van der Waals surface area contributed by atoms with Gasteiger partial charge in [-0.05, 0) is 47.5 Å². The average molecular weight is 438 g/mol. The molecule has 1 amide bonds. The molecule has 30 heavy (non-hydrogen) atoms. The second-order valence-corrected chi connectivity index (χ2v) is 6.21. The minimum atomic E-state index is -4.39. The summed E-state index contributed by atoms with van der Waals surface area (Å²) < 4.78 is 43.5. The maximum atomic E-state index is 12.6. The van der Waals surface area contributed by atoms with Crippen LogP contribution < -0.4 is 15.8 Å². The van der Waals surface area contributed by atoms with Crippen molar-refractivity contribution in [3.05, 3.63) is 89.1 Å². The zero-order valence-corrected chi connectivity index (χ0v) is 16.5. The van der Waals surface area contributed by atoms with E-state index in [1.54, 1.807) is 42.6 Å². The van der Waals surface area contributed by atoms with Crippen molar-refractivity contribution < 1.29 is 22.7 Å². The van der Waals surface area contributed by atoms with Gasteiger partial charge >= 0.3 is 6.18 Å². The summed E-state index contributed by atoms with van der Waals surface area (Å²) in [5.41, 5.74) is 6.63. The average Bonchev–Trinajstić information content (AvgIpc) is 2.72. The molecule has 0 spiro atoms. The predicted octanol–water partition coefficient (Wildman–Crippen LogP) is 4.70. The summed E-state index contributed by atoms with van der Waals surface area (Å²) in [5, 5.41) is 2.67. The standard InChI is InChI=1S/C21H18F3N3O2.ClH/c22-21(23,24)17-6-4-14(5-7-17)13-27-20(28)16-2-1-3-18(11-16)29-19-10-15(12-25)8-9-26-19;/h1-11H,12-13,25H2,(H,27,28);1H. The highest BCUT2D eigenvalue weighted by molar-refractivity contribution is 5.94. The third kappa shape index (κ3) is 6.20. The van der Waals surface area contributed by atoms with E-state index in [9.17, 15) is 18.0 Å². The molecule has 1 heterocycles. The van der Waals surface area contributed by atoms with Crippen molar-refractivity contribution in [1.29, 1.82) is 0 Å². The van der Waals surface area contributed by atoms with Crippen molar-refractivity contribution in [3.8, 4) is 11.6 Å². The lowest BCUT2D eigenvalue weighted by atomic mass is 10.1. The zero-order valence-electron chi connectivity index (χ0n) is 15.6. The van der Waals surface area contributed by atoms with E-state index in [1.807, 2.05) is 0 Å². The zero-order chi connectivity index (χ0) is 20.9. The second kappa shape index (κ2) is 10.1. The molecular weight excluding hydrogens is 419 g/mol. The molecule has 158 valence electrons. The number of benzene rings is 2. The van der Waals surface area contributed by atoms with Crippen LogP contribution in [-0.2, 0) is 19.3 Å². The molecule has 3 N–H and O–H groups in total. The van der Waals surface area contributed by atoms with Crippen LogP contribution >= 0.6 is 12.4 Å². The number of ether oxygens (including phenoxy) is 1. The fraction of sp³-hybridized carbons (Fsp3) is 0.143. The Labute approximate surface area is 177 Å². The van der Waals surface area contributed by atoms with E-state index in [0.717, 1.165) is 17.7 Å². The minimum absolute atomic E-state index is 0. The maximum Gasteiger partial charge on any atom is 0.416 e. The summed E-state index contributed by atoms with van der Waals surface area (Å²) >= 11 is 0. The minimum Gasteiger partial charge on any atom is -0.439 e. The van der Waals surface area contributed by atoms with Crippen LogP contribution in [0.3, 0.4) is 0 Å². The van der Waals surface area contributed by atoms with Gasteiger partial charge in [-0.25, -0.2) is 4.98 Å². The lowest BCUT2D eigenvalue weighted by molar-refractivity contribution is -0.137. The van der Waals surface area contributed by atoms with Gasteiger partial charge in [-0.1, -0.05) is 18.2 Å². The fourth-order valence-corrected chi connectivity index (χ4v) is 2.55. The molecular formula is C21H19ClF3N3O2. The van der Waals surface area contributed by atoms with Crippen LogP contribution in [0, 0.1) is 0 Å². The van der Waals surface area contributed by atoms with E-state index < -0.39 is 11.7 Å². The molecule has 0 aliphatic heterocycles. The quantitative estimate of drug-likeness (QED) is 0.586. The van der Waals surface area contributed by atoms with Crippen LogP contribution in [0.1, 0.15) is 27.0 Å². The number of pyridine rings is 1. The van der Waals surface area contributed by atoms with Gasteiger partial charge in [0.1, 0.15) is 5.75 Å². The monoisotopic (exact) mass is 437 g/mol. The first kappa shape index (κ1) is 23.2. The Morgan fingerprint density at radius 1 is 1.03 bits per heavy atom. The van der Waals surface area contributed by atoms with E-state index in [4.69, 9.17) is 10.5 Å². The van der Waals surface area contributed by atoms with Gasteiger partial charge in [0.05, 0.1) is 5.56 Å². The second-order valence-electron chi connectivity index (χ2n) is 6.21. The van der Waals surface area contributed by atoms with Crippen LogP contribution in [0.2, 0.25) is 0 Å². The first-order chi connectivity index (χ1) is 13.8. The van der Waals surface area contributed by atoms with Crippen molar-refractivity contribution >= 4 is 18.3 Å². The largest absolute Gasteiger partial charge is 0.439 e. The lowest BCUT2D eigenvalue weighted by Gasteiger charge is -2.10. The number of carbonyl (C=O) groups excluding carboxylic acids is 1. The fourth-order valence-electron chi connectivity index (χ4n) is 2.55. The molecule has 5 nitrogen and oxygen atoms in total. The summed E-state index contributed by atoms with van der Waals surface area (Å²) in [5.74, 6) is 0.406. The van der Waals surface area contributed by atoms with Gasteiger partial charge in [-0.3, -0.25) is 4.79 Å². The van der Waals surface area contributed by atoms with Crippen molar-refractivity contribution in [3.63, 3.8) is 0 Å². The molecule has 0 saturated heterocycles. The number of nitrogens with two attached hydrogens (primary N) is 1. The van der Waals surface area contributed by atoms with E-state index in [-0.39, 0.29) is 24.9 Å². The van der Waals surface area contributed by atoms with Crippen molar-refractivity contribution in [2.75, 3.05) is 0 Å². The van der Waals surface area contributed by atoms with Crippen LogP contribution in [-0.4, -0.2) is 10.9 Å². The third-order valence-electron chi connectivity index (χ3n) is 4.09. The third-order valence-corrected chi connectivity index (χ3v) is 4.09. The topological polar surface area (TPSA) is 77.2 Å². The van der Waals surface area contributed by atoms with Gasteiger partial charge in [-0.2, -0.15) is 13.2 Å². The van der Waals surface area contributed by atoms with Gasteiger partial charge < -0.3 is 15.8 Å². The number of nitrogens with zero attached hydrogens (tertiary/aromatic N) is 1. The van der Waals surface area contributed by atoms with E-state index in [1.165, 1.54) is 12.1 Å². The Morgan fingerprint density at radius 2 is 1.77 bits per heavy atom. The Hall–Kier alpha value is -3.10. The number of nitrogens with one attached hydrogen (secondary N) is 1. The highest BCUT2D eigenvalue weighted by atomic mass is 35.5. The number of halogens is 4. The van der Waals surface area contributed by atoms with Gasteiger partial charge in [0.2, 0.25) is 5.88 Å². The molecule has 0 radical (unpaired) electrons. The van der Waals surface area contributed by atoms with E-state index in [0.29, 0.717) is 29.3 Å². The Kier molecular flexibility index (Phi) is 7.79. The Morgan fingerprint density at radius 3 is 2.43 bits per heavy atom. The van der Waals surface area contributed by atoms with Gasteiger partial charge in [0.15, 0.2) is 0 Å². The lowest BCUT2D eigenvalue weighted by Crippen LogP contribution is -2.22. The van der Waals surface area contributed by atoms with E-state index in [2.05, 4.69) is 10.3 Å². The summed E-state index contributed by atoms with van der Waals surface area (Å²) in [6, 6.07) is 14.6. The smallest absolute Gasteiger partial charge is 0.416 e. The molecule has 3 aromatic rings. The van der Waals surface area contributed by atoms with Gasteiger partial charge in [0, 0.05) is 30.9 Å². The molecule has 2 aromatic carbocycles. The number of hydrogen-bond donors (Lipinski definition) is 2. The van der Waals surface area contributed by atoms with Crippen LogP contribution in [0.4, 0.5) is 13.2 Å². The van der Waals surface area contributed by atoms with Gasteiger partial charge in [0.25, 0.3) is 5.91 Å². The Balaban J connectivity index is 0.00000320. The summed E-state index contributed by atoms with van der Waals surface area (Å²) in [4.78, 5) is 16.5. The number of carbonyl (C=O) groups is 1. The normalized spacial score (nSPS) is 10.8. The molecule has 0 aliphatic rings. The molecule has 0 fully saturated rings. The highest BCUT2D eigenvalue weighted by Gasteiger charge is 2.29. The molecule has 0 atom stereocenters. The summed E-state index contributed by atoms with van der Waals surface area (Å²) in [7, 11) is 0. The molecule has 0 aliphatic carbocycles.